The van der Waals surface area contributed by atoms with Crippen molar-refractivity contribution < 1.29 is 19.4 Å². The Labute approximate surface area is 180 Å². The van der Waals surface area contributed by atoms with Crippen LogP contribution in [0.1, 0.15) is 11.1 Å². The number of ether oxygens (including phenoxy) is 1. The zero-order valence-corrected chi connectivity index (χ0v) is 17.5. The molecule has 0 aliphatic rings. The maximum Gasteiger partial charge on any atom is 0.323 e. The van der Waals surface area contributed by atoms with Crippen LogP contribution in [-0.2, 0) is 29.6 Å². The van der Waals surface area contributed by atoms with Crippen molar-refractivity contribution in [1.82, 2.24) is 9.47 Å². The van der Waals surface area contributed by atoms with Gasteiger partial charge in [0.25, 0.3) is 0 Å². The second kappa shape index (κ2) is 8.52. The molecule has 1 N–H and O–H groups in total. The molecule has 158 valence electrons. The lowest BCUT2D eigenvalue weighted by Gasteiger charge is -2.22. The van der Waals surface area contributed by atoms with E-state index in [4.69, 9.17) is 4.74 Å². The molecule has 0 radical (unpaired) electrons. The third kappa shape index (κ3) is 4.10. The number of amides is 1. The number of nitrogens with zero attached hydrogens (tertiary/aromatic N) is 2. The van der Waals surface area contributed by atoms with E-state index >= 15 is 0 Å². The Hall–Kier alpha value is -3.80. The molecule has 1 heterocycles. The standard InChI is InChI=1S/C25H24N2O4/c1-26-21-9-5-4-8-19(21)20-12-11-17(13-22(20)26)14-24(28)27(16-25(29)30)15-18-7-3-6-10-23(18)31-2/h3-13H,14-16H2,1-2H3,(H,29,30). The van der Waals surface area contributed by atoms with E-state index in [1.54, 1.807) is 13.2 Å². The van der Waals surface area contributed by atoms with Crippen LogP contribution in [0.25, 0.3) is 21.8 Å². The number of aliphatic carboxylic acids is 1. The lowest BCUT2D eigenvalue weighted by atomic mass is 10.1. The number of para-hydroxylation sites is 2. The molecule has 0 unspecified atom stereocenters. The maximum atomic E-state index is 13.1. The van der Waals surface area contributed by atoms with Crippen LogP contribution in [0.15, 0.2) is 66.7 Å². The van der Waals surface area contributed by atoms with Crippen molar-refractivity contribution in [1.29, 1.82) is 0 Å². The summed E-state index contributed by atoms with van der Waals surface area (Å²) >= 11 is 0. The molecule has 0 bridgehead atoms. The molecule has 4 rings (SSSR count). The Morgan fingerprint density at radius 3 is 2.45 bits per heavy atom. The summed E-state index contributed by atoms with van der Waals surface area (Å²) in [6.07, 6.45) is 0.125. The van der Waals surface area contributed by atoms with Gasteiger partial charge in [0.1, 0.15) is 12.3 Å². The van der Waals surface area contributed by atoms with Crippen LogP contribution in [-0.4, -0.2) is 40.1 Å². The first-order chi connectivity index (χ1) is 15.0. The van der Waals surface area contributed by atoms with Gasteiger partial charge in [-0.15, -0.1) is 0 Å². The van der Waals surface area contributed by atoms with Gasteiger partial charge in [-0.1, -0.05) is 48.5 Å². The third-order valence-electron chi connectivity index (χ3n) is 5.57. The summed E-state index contributed by atoms with van der Waals surface area (Å²) in [7, 11) is 3.57. The second-order valence-electron chi connectivity index (χ2n) is 7.56. The minimum Gasteiger partial charge on any atom is -0.496 e. The van der Waals surface area contributed by atoms with Crippen molar-refractivity contribution in [2.24, 2.45) is 7.05 Å². The highest BCUT2D eigenvalue weighted by Gasteiger charge is 2.20. The average Bonchev–Trinajstić information content (AvgIpc) is 3.05. The molecule has 6 heteroatoms. The number of hydrogen-bond acceptors (Lipinski definition) is 3. The van der Waals surface area contributed by atoms with Crippen LogP contribution in [0.4, 0.5) is 0 Å². The van der Waals surface area contributed by atoms with Crippen molar-refractivity contribution in [3.8, 4) is 5.75 Å². The summed E-state index contributed by atoms with van der Waals surface area (Å²) in [6, 6.07) is 21.5. The molecule has 6 nitrogen and oxygen atoms in total. The molecule has 0 saturated heterocycles. The van der Waals surface area contributed by atoms with Gasteiger partial charge in [0.15, 0.2) is 0 Å². The van der Waals surface area contributed by atoms with Gasteiger partial charge in [-0.2, -0.15) is 0 Å². The molecule has 0 aliphatic carbocycles. The van der Waals surface area contributed by atoms with Gasteiger partial charge in [0.2, 0.25) is 5.91 Å². The third-order valence-corrected chi connectivity index (χ3v) is 5.57. The summed E-state index contributed by atoms with van der Waals surface area (Å²) in [5.74, 6) is -0.665. The van der Waals surface area contributed by atoms with Gasteiger partial charge in [0, 0.05) is 41.0 Å². The van der Waals surface area contributed by atoms with Crippen molar-refractivity contribution in [2.45, 2.75) is 13.0 Å². The van der Waals surface area contributed by atoms with Crippen LogP contribution in [0.2, 0.25) is 0 Å². The Balaban J connectivity index is 1.62. The summed E-state index contributed by atoms with van der Waals surface area (Å²) in [5.41, 5.74) is 3.79. The number of fused-ring (bicyclic) bond motifs is 3. The number of benzene rings is 3. The molecular formula is C25H24N2O4. The number of methoxy groups -OCH3 is 1. The highest BCUT2D eigenvalue weighted by molar-refractivity contribution is 6.08. The first-order valence-corrected chi connectivity index (χ1v) is 10.1. The van der Waals surface area contributed by atoms with E-state index < -0.39 is 5.97 Å². The van der Waals surface area contributed by atoms with Crippen molar-refractivity contribution in [3.63, 3.8) is 0 Å². The Bertz CT molecular complexity index is 1280. The number of rotatable bonds is 7. The highest BCUT2D eigenvalue weighted by atomic mass is 16.5. The minimum atomic E-state index is -1.05. The summed E-state index contributed by atoms with van der Waals surface area (Å²) in [5, 5.41) is 11.6. The number of hydrogen-bond donors (Lipinski definition) is 1. The molecule has 31 heavy (non-hydrogen) atoms. The first kappa shape index (κ1) is 20.5. The van der Waals surface area contributed by atoms with Crippen LogP contribution in [0, 0.1) is 0 Å². The predicted octanol–water partition coefficient (Wildman–Crippen LogP) is 4.00. The zero-order chi connectivity index (χ0) is 22.0. The van der Waals surface area contributed by atoms with Crippen LogP contribution in [0.5, 0.6) is 5.75 Å². The van der Waals surface area contributed by atoms with E-state index in [-0.39, 0.29) is 25.4 Å². The normalized spacial score (nSPS) is 11.0. The molecule has 0 aliphatic heterocycles. The molecule has 4 aromatic rings. The summed E-state index contributed by atoms with van der Waals surface area (Å²) < 4.78 is 7.46. The van der Waals surface area contributed by atoms with Crippen molar-refractivity contribution in [3.05, 3.63) is 77.9 Å². The van der Waals surface area contributed by atoms with Gasteiger partial charge in [-0.05, 0) is 23.8 Å². The van der Waals surface area contributed by atoms with E-state index in [9.17, 15) is 14.7 Å². The number of aryl methyl sites for hydroxylation is 1. The van der Waals surface area contributed by atoms with E-state index in [1.807, 2.05) is 55.6 Å². The molecule has 0 atom stereocenters. The topological polar surface area (TPSA) is 71.8 Å². The number of carboxylic acid groups (broad SMARTS) is 1. The second-order valence-corrected chi connectivity index (χ2v) is 7.56. The van der Waals surface area contributed by atoms with E-state index in [0.29, 0.717) is 5.75 Å². The fourth-order valence-electron chi connectivity index (χ4n) is 4.04. The van der Waals surface area contributed by atoms with Gasteiger partial charge < -0.3 is 19.3 Å². The summed E-state index contributed by atoms with van der Waals surface area (Å²) in [6.45, 7) is -0.196. The molecular weight excluding hydrogens is 392 g/mol. The van der Waals surface area contributed by atoms with E-state index in [0.717, 1.165) is 27.5 Å². The minimum absolute atomic E-state index is 0.125. The van der Waals surface area contributed by atoms with Crippen molar-refractivity contribution >= 4 is 33.7 Å². The molecule has 0 spiro atoms. The zero-order valence-electron chi connectivity index (χ0n) is 17.5. The van der Waals surface area contributed by atoms with Gasteiger partial charge in [-0.3, -0.25) is 9.59 Å². The largest absolute Gasteiger partial charge is 0.496 e. The molecule has 0 saturated carbocycles. The van der Waals surface area contributed by atoms with Gasteiger partial charge in [0.05, 0.1) is 13.5 Å². The molecule has 1 aromatic heterocycles. The highest BCUT2D eigenvalue weighted by Crippen LogP contribution is 2.29. The molecule has 3 aromatic carbocycles. The van der Waals surface area contributed by atoms with E-state index in [2.05, 4.69) is 16.7 Å². The Kier molecular flexibility index (Phi) is 5.62. The average molecular weight is 416 g/mol. The lowest BCUT2D eigenvalue weighted by molar-refractivity contribution is -0.144. The Morgan fingerprint density at radius 2 is 1.68 bits per heavy atom. The first-order valence-electron chi connectivity index (χ1n) is 10.1. The number of carboxylic acids is 1. The fraction of sp³-hybridized carbons (Fsp3) is 0.200. The van der Waals surface area contributed by atoms with Gasteiger partial charge >= 0.3 is 5.97 Å². The van der Waals surface area contributed by atoms with E-state index in [1.165, 1.54) is 10.3 Å². The molecule has 0 fully saturated rings. The van der Waals surface area contributed by atoms with Crippen LogP contribution in [0.3, 0.4) is 0 Å². The van der Waals surface area contributed by atoms with Crippen LogP contribution >= 0.6 is 0 Å². The fourth-order valence-corrected chi connectivity index (χ4v) is 4.04. The number of aromatic nitrogens is 1. The monoisotopic (exact) mass is 416 g/mol. The number of carbonyl (C=O) groups is 2. The van der Waals surface area contributed by atoms with Gasteiger partial charge in [-0.25, -0.2) is 0 Å². The maximum absolute atomic E-state index is 13.1. The summed E-state index contributed by atoms with van der Waals surface area (Å²) in [4.78, 5) is 25.8. The Morgan fingerprint density at radius 1 is 0.968 bits per heavy atom. The van der Waals surface area contributed by atoms with Crippen LogP contribution < -0.4 is 4.74 Å². The SMILES string of the molecule is COc1ccccc1CN(CC(=O)O)C(=O)Cc1ccc2c3ccccc3n(C)c2c1. The smallest absolute Gasteiger partial charge is 0.323 e. The quantitative estimate of drug-likeness (QED) is 0.494. The molecule has 1 amide bonds. The number of carbonyl (C=O) groups excluding carboxylic acids is 1. The van der Waals surface area contributed by atoms with Crippen molar-refractivity contribution in [2.75, 3.05) is 13.7 Å². The lowest BCUT2D eigenvalue weighted by Crippen LogP contribution is -2.36. The predicted molar refractivity (Wildman–Crippen MR) is 120 cm³/mol.